The number of sulfone groups is 1. The Kier molecular flexibility index (Phi) is 6.12. The topological polar surface area (TPSA) is 111 Å². The zero-order valence-electron chi connectivity index (χ0n) is 18.2. The van der Waals surface area contributed by atoms with Gasteiger partial charge in [0.25, 0.3) is 0 Å². The molecule has 0 aliphatic heterocycles. The number of aromatic nitrogens is 2. The van der Waals surface area contributed by atoms with Crippen molar-refractivity contribution < 1.29 is 26.8 Å². The van der Waals surface area contributed by atoms with Crippen LogP contribution in [0.1, 0.15) is 11.3 Å². The Hall–Kier alpha value is -4.12. The lowest BCUT2D eigenvalue weighted by atomic mass is 10.0. The lowest BCUT2D eigenvalue weighted by Gasteiger charge is -2.14. The van der Waals surface area contributed by atoms with E-state index in [-0.39, 0.29) is 27.8 Å². The van der Waals surface area contributed by atoms with Crippen LogP contribution in [0.25, 0.3) is 28.2 Å². The maximum atomic E-state index is 13.7. The minimum Gasteiger partial charge on any atom is -0.409 e. The Morgan fingerprint density at radius 1 is 1.00 bits per heavy atom. The fourth-order valence-corrected chi connectivity index (χ4v) is 4.25. The summed E-state index contributed by atoms with van der Waals surface area (Å²) in [5, 5.41) is 11.9. The largest absolute Gasteiger partial charge is 0.417 e. The van der Waals surface area contributed by atoms with Gasteiger partial charge >= 0.3 is 6.18 Å². The second-order valence-electron chi connectivity index (χ2n) is 7.70. The first-order valence-corrected chi connectivity index (χ1v) is 12.0. The van der Waals surface area contributed by atoms with Gasteiger partial charge in [0.1, 0.15) is 11.5 Å². The number of rotatable bonds is 5. The van der Waals surface area contributed by atoms with Gasteiger partial charge in [-0.15, -0.1) is 0 Å². The molecule has 11 heteroatoms. The fraction of sp³-hybridized carbons (Fsp3) is 0.0833. The van der Waals surface area contributed by atoms with Gasteiger partial charge in [0.2, 0.25) is 0 Å². The summed E-state index contributed by atoms with van der Waals surface area (Å²) in [6, 6.07) is 18.1. The van der Waals surface area contributed by atoms with E-state index in [1.165, 1.54) is 35.0 Å². The number of nitrogens with two attached hydrogens (primary N) is 1. The van der Waals surface area contributed by atoms with Crippen molar-refractivity contribution in [2.75, 3.05) is 6.26 Å². The van der Waals surface area contributed by atoms with Gasteiger partial charge in [0.15, 0.2) is 15.7 Å². The molecule has 180 valence electrons. The van der Waals surface area contributed by atoms with Crippen LogP contribution in [0.15, 0.2) is 89.0 Å². The van der Waals surface area contributed by atoms with Crippen LogP contribution in [0, 0.1) is 0 Å². The van der Waals surface area contributed by atoms with Crippen molar-refractivity contribution in [1.82, 2.24) is 9.55 Å². The Labute approximate surface area is 198 Å². The molecule has 0 amide bonds. The summed E-state index contributed by atoms with van der Waals surface area (Å²) >= 11 is 0. The predicted octanol–water partition coefficient (Wildman–Crippen LogP) is 4.72. The van der Waals surface area contributed by atoms with E-state index in [4.69, 9.17) is 10.9 Å². The second kappa shape index (κ2) is 8.91. The van der Waals surface area contributed by atoms with Gasteiger partial charge < -0.3 is 10.9 Å². The van der Waals surface area contributed by atoms with Crippen LogP contribution in [0.4, 0.5) is 13.2 Å². The molecule has 0 fully saturated rings. The molecule has 0 saturated heterocycles. The van der Waals surface area contributed by atoms with Crippen LogP contribution < -0.4 is 5.73 Å². The smallest absolute Gasteiger partial charge is 0.409 e. The highest BCUT2D eigenvalue weighted by Gasteiger charge is 2.34. The van der Waals surface area contributed by atoms with E-state index in [0.29, 0.717) is 16.8 Å². The summed E-state index contributed by atoms with van der Waals surface area (Å²) in [5.74, 6) is -0.407. The molecule has 4 rings (SSSR count). The second-order valence-corrected chi connectivity index (χ2v) is 9.71. The molecule has 3 N–H and O–H groups in total. The standard InChI is InChI=1S/C24H19F3N4O3S/c1-35(33,34)18-6-4-5-16(13-18)15-9-11-17(12-10-15)31-14-21(22(28)30-32)29-23(31)19-7-2-3-8-20(19)24(25,26)27/h2-14,32H,1H3,(H2,28,30). The van der Waals surface area contributed by atoms with Crippen molar-refractivity contribution in [2.45, 2.75) is 11.1 Å². The van der Waals surface area contributed by atoms with E-state index < -0.39 is 21.6 Å². The number of hydrogen-bond acceptors (Lipinski definition) is 5. The van der Waals surface area contributed by atoms with Gasteiger partial charge in [-0.1, -0.05) is 47.6 Å². The normalized spacial score (nSPS) is 12.6. The van der Waals surface area contributed by atoms with Gasteiger partial charge in [-0.2, -0.15) is 13.2 Å². The van der Waals surface area contributed by atoms with Crippen LogP contribution in [0.2, 0.25) is 0 Å². The van der Waals surface area contributed by atoms with Crippen molar-refractivity contribution in [3.8, 4) is 28.2 Å². The molecule has 7 nitrogen and oxygen atoms in total. The first kappa shape index (κ1) is 24.0. The molecule has 1 aromatic heterocycles. The number of oxime groups is 1. The van der Waals surface area contributed by atoms with E-state index in [1.807, 2.05) is 0 Å². The van der Waals surface area contributed by atoms with E-state index in [2.05, 4.69) is 10.1 Å². The summed E-state index contributed by atoms with van der Waals surface area (Å²) in [4.78, 5) is 4.37. The monoisotopic (exact) mass is 500 g/mol. The van der Waals surface area contributed by atoms with Crippen molar-refractivity contribution in [3.05, 3.63) is 90.3 Å². The number of benzene rings is 3. The third-order valence-electron chi connectivity index (χ3n) is 5.29. The van der Waals surface area contributed by atoms with Crippen LogP contribution in [0.3, 0.4) is 0 Å². The van der Waals surface area contributed by atoms with Crippen molar-refractivity contribution >= 4 is 15.7 Å². The highest BCUT2D eigenvalue weighted by atomic mass is 32.2. The molecule has 0 unspecified atom stereocenters. The summed E-state index contributed by atoms with van der Waals surface area (Å²) < 4.78 is 66.2. The number of alkyl halides is 3. The summed E-state index contributed by atoms with van der Waals surface area (Å²) in [6.45, 7) is 0. The maximum Gasteiger partial charge on any atom is 0.417 e. The Morgan fingerprint density at radius 2 is 1.69 bits per heavy atom. The molecular weight excluding hydrogens is 481 g/mol. The number of hydrogen-bond donors (Lipinski definition) is 2. The summed E-state index contributed by atoms with van der Waals surface area (Å²) in [5.41, 5.74) is 6.41. The van der Waals surface area contributed by atoms with E-state index in [0.717, 1.165) is 12.3 Å². The number of nitrogens with zero attached hydrogens (tertiary/aromatic N) is 3. The minimum absolute atomic E-state index is 0.00981. The summed E-state index contributed by atoms with van der Waals surface area (Å²) in [6.07, 6.45) is -2.14. The lowest BCUT2D eigenvalue weighted by Crippen LogP contribution is -2.13. The third-order valence-corrected chi connectivity index (χ3v) is 6.40. The fourth-order valence-electron chi connectivity index (χ4n) is 3.59. The van der Waals surface area contributed by atoms with E-state index >= 15 is 0 Å². The minimum atomic E-state index is -4.63. The van der Waals surface area contributed by atoms with Crippen LogP contribution in [-0.2, 0) is 16.0 Å². The first-order valence-electron chi connectivity index (χ1n) is 10.1. The maximum absolute atomic E-state index is 13.7. The van der Waals surface area contributed by atoms with Gasteiger partial charge in [-0.3, -0.25) is 4.57 Å². The number of amidine groups is 1. The Morgan fingerprint density at radius 3 is 2.31 bits per heavy atom. The molecule has 0 spiro atoms. The molecule has 0 aliphatic rings. The van der Waals surface area contributed by atoms with Gasteiger partial charge in [0.05, 0.1) is 10.5 Å². The average Bonchev–Trinajstić information content (AvgIpc) is 3.28. The zero-order chi connectivity index (χ0) is 25.4. The quantitative estimate of drug-likeness (QED) is 0.178. The highest BCUT2D eigenvalue weighted by molar-refractivity contribution is 7.90. The average molecular weight is 501 g/mol. The molecule has 0 atom stereocenters. The molecule has 35 heavy (non-hydrogen) atoms. The number of halogens is 3. The third kappa shape index (κ3) is 4.90. The van der Waals surface area contributed by atoms with E-state index in [9.17, 15) is 21.6 Å². The van der Waals surface area contributed by atoms with E-state index in [1.54, 1.807) is 42.5 Å². The Balaban J connectivity index is 1.84. The van der Waals surface area contributed by atoms with Crippen molar-refractivity contribution in [1.29, 1.82) is 0 Å². The van der Waals surface area contributed by atoms with Gasteiger partial charge in [0, 0.05) is 23.7 Å². The molecular formula is C24H19F3N4O3S. The first-order chi connectivity index (χ1) is 16.5. The van der Waals surface area contributed by atoms with Crippen LogP contribution >= 0.6 is 0 Å². The molecule has 1 heterocycles. The highest BCUT2D eigenvalue weighted by Crippen LogP contribution is 2.37. The molecule has 3 aromatic carbocycles. The molecule has 4 aromatic rings. The Bertz CT molecular complexity index is 1530. The predicted molar refractivity (Wildman–Crippen MR) is 125 cm³/mol. The molecule has 0 saturated carbocycles. The van der Waals surface area contributed by atoms with Gasteiger partial charge in [-0.25, -0.2) is 13.4 Å². The summed E-state index contributed by atoms with van der Waals surface area (Å²) in [7, 11) is -3.39. The lowest BCUT2D eigenvalue weighted by molar-refractivity contribution is -0.137. The van der Waals surface area contributed by atoms with Gasteiger partial charge in [-0.05, 0) is 41.5 Å². The zero-order valence-corrected chi connectivity index (χ0v) is 19.0. The number of imidazole rings is 1. The molecule has 0 radical (unpaired) electrons. The molecule has 0 bridgehead atoms. The SMILES string of the molecule is CS(=O)(=O)c1cccc(-c2ccc(-n3cc(/C(N)=N\O)nc3-c3ccccc3C(F)(F)F)cc2)c1. The van der Waals surface area contributed by atoms with Crippen molar-refractivity contribution in [2.24, 2.45) is 10.9 Å². The molecule has 0 aliphatic carbocycles. The van der Waals surface area contributed by atoms with Crippen molar-refractivity contribution in [3.63, 3.8) is 0 Å². The van der Waals surface area contributed by atoms with Crippen LogP contribution in [0.5, 0.6) is 0 Å². The van der Waals surface area contributed by atoms with Crippen LogP contribution in [-0.4, -0.2) is 35.3 Å².